The van der Waals surface area contributed by atoms with Gasteiger partial charge in [-0.05, 0) is 24.3 Å². The molecule has 0 unspecified atom stereocenters. The first-order chi connectivity index (χ1) is 12.2. The number of allylic oxidation sites excluding steroid dienone is 3. The first-order valence-corrected chi connectivity index (χ1v) is 8.41. The van der Waals surface area contributed by atoms with Crippen LogP contribution >= 0.6 is 0 Å². The summed E-state index contributed by atoms with van der Waals surface area (Å²) in [6.07, 6.45) is 5.96. The number of ether oxygens (including phenoxy) is 1. The van der Waals surface area contributed by atoms with Crippen LogP contribution in [0.2, 0.25) is 0 Å². The van der Waals surface area contributed by atoms with Gasteiger partial charge in [-0.15, -0.1) is 0 Å². The lowest BCUT2D eigenvalue weighted by Gasteiger charge is -2.25. The van der Waals surface area contributed by atoms with Crippen molar-refractivity contribution >= 4 is 0 Å². The van der Waals surface area contributed by atoms with Gasteiger partial charge in [0.2, 0.25) is 0 Å². The quantitative estimate of drug-likeness (QED) is 0.624. The Morgan fingerprint density at radius 2 is 2.08 bits per heavy atom. The van der Waals surface area contributed by atoms with Gasteiger partial charge in [0.05, 0.1) is 11.3 Å². The summed E-state index contributed by atoms with van der Waals surface area (Å²) in [5.74, 6) is 0.709. The Kier molecular flexibility index (Phi) is 5.36. The second-order valence-electron chi connectivity index (χ2n) is 5.93. The Morgan fingerprint density at radius 1 is 1.28 bits per heavy atom. The van der Waals surface area contributed by atoms with Gasteiger partial charge in [-0.3, -0.25) is 14.8 Å². The summed E-state index contributed by atoms with van der Waals surface area (Å²) in [4.78, 5) is 15.0. The van der Waals surface area contributed by atoms with Crippen LogP contribution in [-0.2, 0) is 17.7 Å². The minimum atomic E-state index is 0.0325. The molecular weight excluding hydrogens is 314 g/mol. The summed E-state index contributed by atoms with van der Waals surface area (Å²) >= 11 is 0. The molecule has 2 aromatic rings. The van der Waals surface area contributed by atoms with Crippen LogP contribution < -0.4 is 5.56 Å². The molecule has 130 valence electrons. The van der Waals surface area contributed by atoms with Crippen molar-refractivity contribution in [3.8, 4) is 5.69 Å². The number of aromatic nitrogens is 2. The van der Waals surface area contributed by atoms with Gasteiger partial charge in [0, 0.05) is 31.7 Å². The van der Waals surface area contributed by atoms with Crippen molar-refractivity contribution in [1.29, 1.82) is 0 Å². The van der Waals surface area contributed by atoms with Crippen LogP contribution in [0.15, 0.2) is 72.3 Å². The highest BCUT2D eigenvalue weighted by Crippen LogP contribution is 2.16. The lowest BCUT2D eigenvalue weighted by molar-refractivity contribution is 0.155. The number of nitrogens with one attached hydrogen (secondary N) is 1. The molecule has 1 aliphatic rings. The zero-order valence-electron chi connectivity index (χ0n) is 14.3. The minimum absolute atomic E-state index is 0.0325. The molecule has 0 radical (unpaired) electrons. The third-order valence-electron chi connectivity index (χ3n) is 4.31. The highest BCUT2D eigenvalue weighted by molar-refractivity contribution is 5.33. The van der Waals surface area contributed by atoms with E-state index in [-0.39, 0.29) is 5.56 Å². The minimum Gasteiger partial charge on any atom is -0.492 e. The van der Waals surface area contributed by atoms with Gasteiger partial charge in [-0.2, -0.15) is 0 Å². The topological polar surface area (TPSA) is 50.3 Å². The van der Waals surface area contributed by atoms with Gasteiger partial charge in [-0.25, -0.2) is 4.68 Å². The van der Waals surface area contributed by atoms with Crippen molar-refractivity contribution in [2.45, 2.75) is 13.0 Å². The number of fused-ring (bicyclic) bond motifs is 1. The van der Waals surface area contributed by atoms with Crippen molar-refractivity contribution in [3.05, 3.63) is 89.1 Å². The molecule has 0 saturated carbocycles. The molecule has 3 rings (SSSR count). The average Bonchev–Trinajstić information content (AvgIpc) is 2.98. The van der Waals surface area contributed by atoms with Crippen LogP contribution in [0.1, 0.15) is 11.3 Å². The zero-order chi connectivity index (χ0) is 17.6. The maximum atomic E-state index is 12.7. The van der Waals surface area contributed by atoms with Crippen LogP contribution in [0.5, 0.6) is 0 Å². The summed E-state index contributed by atoms with van der Waals surface area (Å²) in [6.45, 7) is 10.2. The predicted molar refractivity (Wildman–Crippen MR) is 99.8 cm³/mol. The lowest BCUT2D eigenvalue weighted by Crippen LogP contribution is -2.35. The van der Waals surface area contributed by atoms with E-state index >= 15 is 0 Å². The third-order valence-corrected chi connectivity index (χ3v) is 4.31. The first-order valence-electron chi connectivity index (χ1n) is 8.41. The highest BCUT2D eigenvalue weighted by Gasteiger charge is 2.22. The number of benzene rings is 1. The summed E-state index contributed by atoms with van der Waals surface area (Å²) in [7, 11) is 0. The van der Waals surface area contributed by atoms with E-state index < -0.39 is 0 Å². The number of H-pyrrole nitrogens is 1. The maximum absolute atomic E-state index is 12.7. The second-order valence-corrected chi connectivity index (χ2v) is 5.93. The van der Waals surface area contributed by atoms with E-state index in [4.69, 9.17) is 4.74 Å². The van der Waals surface area contributed by atoms with E-state index in [1.165, 1.54) is 0 Å². The first kappa shape index (κ1) is 17.0. The van der Waals surface area contributed by atoms with Crippen LogP contribution in [-0.4, -0.2) is 34.4 Å². The standard InChI is InChI=1S/C20H23N3O2/c1-3-8-17(4-2)25-14-13-22-12-11-19-18(15-22)20(24)23(21-19)16-9-6-5-7-10-16/h3-10,21H,1-2,11-15H2/b17-8+. The van der Waals surface area contributed by atoms with Crippen LogP contribution in [0.3, 0.4) is 0 Å². The SMILES string of the molecule is C=C/C=C(\C=C)OCCN1CCc2[nH]n(-c3ccccc3)c(=O)c2C1. The summed E-state index contributed by atoms with van der Waals surface area (Å²) in [5.41, 5.74) is 2.78. The van der Waals surface area contributed by atoms with Crippen molar-refractivity contribution in [1.82, 2.24) is 14.7 Å². The molecule has 1 N–H and O–H groups in total. The maximum Gasteiger partial charge on any atom is 0.275 e. The Hall–Kier alpha value is -2.79. The van der Waals surface area contributed by atoms with E-state index in [2.05, 4.69) is 23.2 Å². The van der Waals surface area contributed by atoms with Crippen molar-refractivity contribution in [3.63, 3.8) is 0 Å². The number of para-hydroxylation sites is 1. The van der Waals surface area contributed by atoms with E-state index in [9.17, 15) is 4.79 Å². The molecule has 0 bridgehead atoms. The average molecular weight is 337 g/mol. The molecule has 5 nitrogen and oxygen atoms in total. The van der Waals surface area contributed by atoms with Gasteiger partial charge in [0.15, 0.2) is 0 Å². The Labute approximate surface area is 147 Å². The summed E-state index contributed by atoms with van der Waals surface area (Å²) in [5, 5.41) is 3.25. The second kappa shape index (κ2) is 7.85. The van der Waals surface area contributed by atoms with Crippen molar-refractivity contribution < 1.29 is 4.74 Å². The van der Waals surface area contributed by atoms with Crippen LogP contribution in [0, 0.1) is 0 Å². The lowest BCUT2D eigenvalue weighted by atomic mass is 10.1. The van der Waals surface area contributed by atoms with Gasteiger partial charge >= 0.3 is 0 Å². The van der Waals surface area contributed by atoms with E-state index in [1.54, 1.807) is 22.9 Å². The number of nitrogens with zero attached hydrogens (tertiary/aromatic N) is 2. The number of rotatable bonds is 7. The normalized spacial score (nSPS) is 14.8. The smallest absolute Gasteiger partial charge is 0.275 e. The molecule has 5 heteroatoms. The fourth-order valence-corrected chi connectivity index (χ4v) is 2.99. The monoisotopic (exact) mass is 337 g/mol. The predicted octanol–water partition coefficient (Wildman–Crippen LogP) is 2.80. The van der Waals surface area contributed by atoms with Crippen molar-refractivity contribution in [2.75, 3.05) is 19.7 Å². The highest BCUT2D eigenvalue weighted by atomic mass is 16.5. The van der Waals surface area contributed by atoms with E-state index in [0.29, 0.717) is 18.9 Å². The molecular formula is C20H23N3O2. The number of aromatic amines is 1. The molecule has 0 atom stereocenters. The summed E-state index contributed by atoms with van der Waals surface area (Å²) < 4.78 is 7.30. The molecule has 0 saturated heterocycles. The number of hydrogen-bond acceptors (Lipinski definition) is 3. The molecule has 0 amide bonds. The molecule has 1 aromatic heterocycles. The zero-order valence-corrected chi connectivity index (χ0v) is 14.3. The molecule has 25 heavy (non-hydrogen) atoms. The van der Waals surface area contributed by atoms with Gasteiger partial charge < -0.3 is 4.74 Å². The molecule has 0 fully saturated rings. The molecule has 1 aromatic carbocycles. The van der Waals surface area contributed by atoms with Crippen molar-refractivity contribution in [2.24, 2.45) is 0 Å². The van der Waals surface area contributed by atoms with Gasteiger partial charge in [0.25, 0.3) is 5.56 Å². The number of hydrogen-bond donors (Lipinski definition) is 1. The molecule has 0 spiro atoms. The Bertz CT molecular complexity index is 830. The molecule has 2 heterocycles. The molecule has 1 aliphatic heterocycles. The van der Waals surface area contributed by atoms with Crippen LogP contribution in [0.4, 0.5) is 0 Å². The fourth-order valence-electron chi connectivity index (χ4n) is 2.99. The fraction of sp³-hybridized carbons (Fsp3) is 0.250. The van der Waals surface area contributed by atoms with E-state index in [0.717, 1.165) is 36.5 Å². The Balaban J connectivity index is 1.67. The third kappa shape index (κ3) is 3.83. The summed E-state index contributed by atoms with van der Waals surface area (Å²) in [6, 6.07) is 9.66. The molecule has 0 aliphatic carbocycles. The van der Waals surface area contributed by atoms with Gasteiger partial charge in [0.1, 0.15) is 12.4 Å². The van der Waals surface area contributed by atoms with Crippen LogP contribution in [0.25, 0.3) is 5.69 Å². The van der Waals surface area contributed by atoms with E-state index in [1.807, 2.05) is 30.3 Å². The Morgan fingerprint density at radius 3 is 2.80 bits per heavy atom. The largest absolute Gasteiger partial charge is 0.492 e. The van der Waals surface area contributed by atoms with Gasteiger partial charge in [-0.1, -0.05) is 37.4 Å².